The molecule has 2 unspecified atom stereocenters. The van der Waals surface area contributed by atoms with Crippen LogP contribution in [0.2, 0.25) is 0 Å². The summed E-state index contributed by atoms with van der Waals surface area (Å²) in [5.74, 6) is 0.747. The van der Waals surface area contributed by atoms with Crippen molar-refractivity contribution in [2.24, 2.45) is 5.92 Å². The van der Waals surface area contributed by atoms with E-state index >= 15 is 0 Å². The van der Waals surface area contributed by atoms with Crippen molar-refractivity contribution in [3.63, 3.8) is 0 Å². The molecule has 2 atom stereocenters. The second-order valence-electron chi connectivity index (χ2n) is 5.68. The van der Waals surface area contributed by atoms with E-state index in [1.807, 2.05) is 0 Å². The van der Waals surface area contributed by atoms with E-state index in [1.165, 1.54) is 19.5 Å². The smallest absolute Gasteiger partial charge is 0.0829 e. The van der Waals surface area contributed by atoms with E-state index in [-0.39, 0.29) is 0 Å². The molecule has 0 aromatic carbocycles. The van der Waals surface area contributed by atoms with Gasteiger partial charge in [0.15, 0.2) is 0 Å². The molecule has 0 aliphatic carbocycles. The molecule has 0 saturated carbocycles. The Balaban J connectivity index is 1.78. The molecule has 1 N–H and O–H groups in total. The first-order chi connectivity index (χ1) is 8.24. The number of nitrogens with zero attached hydrogens (tertiary/aromatic N) is 2. The number of rotatable bonds is 2. The summed E-state index contributed by atoms with van der Waals surface area (Å²) < 4.78 is 5.86. The molecular weight excluding hydrogens is 214 g/mol. The van der Waals surface area contributed by atoms with Crippen LogP contribution in [-0.4, -0.2) is 75.4 Å². The lowest BCUT2D eigenvalue weighted by molar-refractivity contribution is -0.0376. The normalized spacial score (nSPS) is 34.2. The molecule has 17 heavy (non-hydrogen) atoms. The van der Waals surface area contributed by atoms with Crippen molar-refractivity contribution in [1.29, 1.82) is 0 Å². The highest BCUT2D eigenvalue weighted by Gasteiger charge is 2.22. The van der Waals surface area contributed by atoms with Crippen LogP contribution in [-0.2, 0) is 4.74 Å². The van der Waals surface area contributed by atoms with Crippen LogP contribution in [0.25, 0.3) is 0 Å². The third-order valence-corrected chi connectivity index (χ3v) is 3.69. The molecule has 2 aliphatic heterocycles. The minimum absolute atomic E-state index is 0.410. The van der Waals surface area contributed by atoms with Crippen molar-refractivity contribution in [3.05, 3.63) is 0 Å². The van der Waals surface area contributed by atoms with Crippen LogP contribution < -0.4 is 5.32 Å². The van der Waals surface area contributed by atoms with E-state index in [2.05, 4.69) is 29.1 Å². The van der Waals surface area contributed by atoms with E-state index in [1.54, 1.807) is 0 Å². The van der Waals surface area contributed by atoms with Gasteiger partial charge in [0.25, 0.3) is 0 Å². The molecule has 0 bridgehead atoms. The first kappa shape index (κ1) is 13.3. The number of morpholine rings is 1. The van der Waals surface area contributed by atoms with Crippen molar-refractivity contribution < 1.29 is 4.74 Å². The average Bonchev–Trinajstić information content (AvgIpc) is 2.25. The van der Waals surface area contributed by atoms with Gasteiger partial charge in [0, 0.05) is 26.2 Å². The van der Waals surface area contributed by atoms with Gasteiger partial charge in [-0.15, -0.1) is 0 Å². The summed E-state index contributed by atoms with van der Waals surface area (Å²) in [6, 6.07) is 0. The summed E-state index contributed by atoms with van der Waals surface area (Å²) in [6.07, 6.45) is 1.67. The van der Waals surface area contributed by atoms with E-state index in [4.69, 9.17) is 4.74 Å². The van der Waals surface area contributed by atoms with Crippen LogP contribution in [0.15, 0.2) is 0 Å². The number of nitrogens with one attached hydrogen (secondary N) is 1. The van der Waals surface area contributed by atoms with Gasteiger partial charge < -0.3 is 19.9 Å². The maximum Gasteiger partial charge on any atom is 0.0829 e. The first-order valence-corrected chi connectivity index (χ1v) is 6.97. The number of ether oxygens (including phenoxy) is 1. The van der Waals surface area contributed by atoms with Crippen LogP contribution in [0.4, 0.5) is 0 Å². The second kappa shape index (κ2) is 6.69. The van der Waals surface area contributed by atoms with Gasteiger partial charge in [0.2, 0.25) is 0 Å². The van der Waals surface area contributed by atoms with Crippen LogP contribution >= 0.6 is 0 Å². The third kappa shape index (κ3) is 4.54. The summed E-state index contributed by atoms with van der Waals surface area (Å²) in [5, 5.41) is 3.50. The van der Waals surface area contributed by atoms with Crippen molar-refractivity contribution in [3.8, 4) is 0 Å². The molecule has 2 saturated heterocycles. The Bertz CT molecular complexity index is 225. The number of hydrogen-bond donors (Lipinski definition) is 1. The van der Waals surface area contributed by atoms with Gasteiger partial charge in [-0.3, -0.25) is 0 Å². The Morgan fingerprint density at radius 1 is 1.29 bits per heavy atom. The summed E-state index contributed by atoms with van der Waals surface area (Å²) in [6.45, 7) is 11.2. The van der Waals surface area contributed by atoms with Gasteiger partial charge in [0.1, 0.15) is 0 Å². The van der Waals surface area contributed by atoms with Crippen molar-refractivity contribution >= 4 is 0 Å². The first-order valence-electron chi connectivity index (χ1n) is 6.97. The number of hydrogen-bond acceptors (Lipinski definition) is 4. The third-order valence-electron chi connectivity index (χ3n) is 3.69. The Morgan fingerprint density at radius 3 is 3.00 bits per heavy atom. The maximum atomic E-state index is 5.86. The SMILES string of the molecule is CC1CNCCCN(CC2CN(C)CCO2)C1. The van der Waals surface area contributed by atoms with Gasteiger partial charge in [-0.25, -0.2) is 0 Å². The summed E-state index contributed by atoms with van der Waals surface area (Å²) in [7, 11) is 2.19. The van der Waals surface area contributed by atoms with Crippen molar-refractivity contribution in [2.45, 2.75) is 19.4 Å². The lowest BCUT2D eigenvalue weighted by atomic mass is 10.1. The summed E-state index contributed by atoms with van der Waals surface area (Å²) in [5.41, 5.74) is 0. The highest BCUT2D eigenvalue weighted by molar-refractivity contribution is 4.76. The summed E-state index contributed by atoms with van der Waals surface area (Å²) in [4.78, 5) is 4.97. The van der Waals surface area contributed by atoms with Crippen molar-refractivity contribution in [1.82, 2.24) is 15.1 Å². The van der Waals surface area contributed by atoms with Crippen LogP contribution in [0.1, 0.15) is 13.3 Å². The molecule has 4 heteroatoms. The molecule has 0 aromatic heterocycles. The highest BCUT2D eigenvalue weighted by Crippen LogP contribution is 2.09. The molecule has 2 aliphatic rings. The van der Waals surface area contributed by atoms with Crippen LogP contribution in [0.3, 0.4) is 0 Å². The highest BCUT2D eigenvalue weighted by atomic mass is 16.5. The van der Waals surface area contributed by atoms with Gasteiger partial charge in [0.05, 0.1) is 12.7 Å². The fraction of sp³-hybridized carbons (Fsp3) is 1.00. The fourth-order valence-electron chi connectivity index (χ4n) is 2.80. The van der Waals surface area contributed by atoms with Crippen molar-refractivity contribution in [2.75, 3.05) is 59.5 Å². The topological polar surface area (TPSA) is 27.7 Å². The predicted octanol–water partition coefficient (Wildman–Crippen LogP) is 0.248. The molecular formula is C13H27N3O. The Labute approximate surface area is 105 Å². The van der Waals surface area contributed by atoms with Crippen LogP contribution in [0.5, 0.6) is 0 Å². The minimum Gasteiger partial charge on any atom is -0.374 e. The molecule has 0 radical (unpaired) electrons. The minimum atomic E-state index is 0.410. The quantitative estimate of drug-likeness (QED) is 0.750. The molecule has 2 heterocycles. The zero-order chi connectivity index (χ0) is 12.1. The maximum absolute atomic E-state index is 5.86. The largest absolute Gasteiger partial charge is 0.374 e. The lowest BCUT2D eigenvalue weighted by Gasteiger charge is -2.35. The fourth-order valence-corrected chi connectivity index (χ4v) is 2.80. The molecule has 2 fully saturated rings. The van der Waals surface area contributed by atoms with Gasteiger partial charge in [-0.05, 0) is 39.0 Å². The number of likely N-dealkylation sites (N-methyl/N-ethyl adjacent to an activating group) is 1. The standard InChI is InChI=1S/C13H27N3O/c1-12-8-14-4-3-5-16(9-12)11-13-10-15(2)6-7-17-13/h12-14H,3-11H2,1-2H3. The lowest BCUT2D eigenvalue weighted by Crippen LogP contribution is -2.48. The van der Waals surface area contributed by atoms with E-state index < -0.39 is 0 Å². The molecule has 2 rings (SSSR count). The Kier molecular flexibility index (Phi) is 5.22. The van der Waals surface area contributed by atoms with E-state index in [0.29, 0.717) is 6.10 Å². The zero-order valence-corrected chi connectivity index (χ0v) is 11.3. The van der Waals surface area contributed by atoms with E-state index in [0.717, 1.165) is 45.2 Å². The monoisotopic (exact) mass is 241 g/mol. The predicted molar refractivity (Wildman–Crippen MR) is 70.3 cm³/mol. The van der Waals surface area contributed by atoms with Gasteiger partial charge >= 0.3 is 0 Å². The van der Waals surface area contributed by atoms with Gasteiger partial charge in [-0.2, -0.15) is 0 Å². The average molecular weight is 241 g/mol. The Hall–Kier alpha value is -0.160. The zero-order valence-electron chi connectivity index (χ0n) is 11.3. The molecule has 0 amide bonds. The Morgan fingerprint density at radius 2 is 2.18 bits per heavy atom. The van der Waals surface area contributed by atoms with E-state index in [9.17, 15) is 0 Å². The van der Waals surface area contributed by atoms with Gasteiger partial charge in [-0.1, -0.05) is 6.92 Å². The summed E-state index contributed by atoms with van der Waals surface area (Å²) >= 11 is 0. The van der Waals surface area contributed by atoms with Crippen LogP contribution in [0, 0.1) is 5.92 Å². The molecule has 4 nitrogen and oxygen atoms in total. The second-order valence-corrected chi connectivity index (χ2v) is 5.68. The molecule has 0 aromatic rings. The molecule has 100 valence electrons. The molecule has 0 spiro atoms.